The molecule has 0 bridgehead atoms. The molecular weight excluding hydrogens is 464 g/mol. The zero-order valence-electron chi connectivity index (χ0n) is 18.4. The van der Waals surface area contributed by atoms with Crippen LogP contribution >= 0.6 is 11.6 Å². The van der Waals surface area contributed by atoms with Gasteiger partial charge in [-0.3, -0.25) is 25.0 Å². The summed E-state index contributed by atoms with van der Waals surface area (Å²) in [4.78, 5) is 54.2. The predicted octanol–water partition coefficient (Wildman–Crippen LogP) is 3.06. The van der Waals surface area contributed by atoms with E-state index in [0.29, 0.717) is 22.8 Å². The van der Waals surface area contributed by atoms with Gasteiger partial charge in [-0.15, -0.1) is 0 Å². The number of carbonyl (C=O) groups excluding carboxylic acids is 3. The molecule has 0 aromatic heterocycles. The molecule has 176 valence electrons. The minimum absolute atomic E-state index is 0.123. The van der Waals surface area contributed by atoms with Crippen LogP contribution < -0.4 is 15.1 Å². The number of amides is 4. The van der Waals surface area contributed by atoms with Crippen molar-refractivity contribution in [2.45, 2.75) is 38.5 Å². The highest BCUT2D eigenvalue weighted by Gasteiger charge is 2.65. The van der Waals surface area contributed by atoms with Gasteiger partial charge in [-0.2, -0.15) is 0 Å². The van der Waals surface area contributed by atoms with Gasteiger partial charge in [0.25, 0.3) is 11.6 Å². The van der Waals surface area contributed by atoms with Crippen LogP contribution in [0.15, 0.2) is 42.5 Å². The Balaban J connectivity index is 1.71. The molecule has 4 amide bonds. The molecular formula is C23H21ClN4O6. The lowest BCUT2D eigenvalue weighted by Crippen LogP contribution is -2.76. The van der Waals surface area contributed by atoms with Crippen molar-refractivity contribution in [2.24, 2.45) is 5.41 Å². The lowest BCUT2D eigenvalue weighted by atomic mass is 9.66. The highest BCUT2D eigenvalue weighted by atomic mass is 35.5. The number of carbonyl (C=O) groups is 3. The Morgan fingerprint density at radius 1 is 1.18 bits per heavy atom. The Bertz CT molecular complexity index is 1250. The summed E-state index contributed by atoms with van der Waals surface area (Å²) < 4.78 is 6.04. The smallest absolute Gasteiger partial charge is 0.335 e. The molecule has 4 atom stereocenters. The molecule has 0 saturated carbocycles. The van der Waals surface area contributed by atoms with Crippen LogP contribution in [-0.4, -0.2) is 47.6 Å². The first-order valence-corrected chi connectivity index (χ1v) is 11.2. The number of nitrogens with one attached hydrogen (secondary N) is 1. The van der Waals surface area contributed by atoms with Crippen molar-refractivity contribution in [1.29, 1.82) is 0 Å². The number of morpholine rings is 1. The summed E-state index contributed by atoms with van der Waals surface area (Å²) in [6.07, 6.45) is -0.879. The molecule has 3 aliphatic heterocycles. The minimum atomic E-state index is -1.75. The standard InChI is InChI=1S/C23H21ClN4O6/c1-12-11-26-18-7-6-17(28(32)33)8-14(18)10-23(19(26)13(2)34-12)20(29)25-22(31)27(21(23)30)16-5-3-4-15(24)9-16/h3-9,12-13,19H,10-11H2,1-2H3,(H,25,29,31)/t12-,13-,19+,23-/m1/s1. The van der Waals surface area contributed by atoms with Gasteiger partial charge >= 0.3 is 6.03 Å². The van der Waals surface area contributed by atoms with Crippen molar-refractivity contribution in [3.63, 3.8) is 0 Å². The molecule has 3 heterocycles. The van der Waals surface area contributed by atoms with Crippen molar-refractivity contribution in [1.82, 2.24) is 5.32 Å². The Kier molecular flexibility index (Phi) is 5.10. The van der Waals surface area contributed by atoms with Gasteiger partial charge in [-0.25, -0.2) is 9.69 Å². The van der Waals surface area contributed by atoms with Crippen LogP contribution in [0.2, 0.25) is 5.02 Å². The number of imide groups is 2. The maximum absolute atomic E-state index is 14.1. The number of fused-ring (bicyclic) bond motifs is 4. The zero-order chi connectivity index (χ0) is 24.4. The monoisotopic (exact) mass is 484 g/mol. The molecule has 11 heteroatoms. The van der Waals surface area contributed by atoms with Crippen molar-refractivity contribution in [2.75, 3.05) is 16.3 Å². The first-order chi connectivity index (χ1) is 16.1. The van der Waals surface area contributed by atoms with Crippen molar-refractivity contribution < 1.29 is 24.0 Å². The second-order valence-corrected chi connectivity index (χ2v) is 9.28. The maximum Gasteiger partial charge on any atom is 0.335 e. The van der Waals surface area contributed by atoms with Crippen LogP contribution in [-0.2, 0) is 20.7 Å². The fourth-order valence-electron chi connectivity index (χ4n) is 5.47. The number of non-ortho nitro benzene ring substituents is 1. The third-order valence-electron chi connectivity index (χ3n) is 6.72. The first kappa shape index (κ1) is 22.3. The number of rotatable bonds is 2. The number of hydrogen-bond acceptors (Lipinski definition) is 7. The van der Waals surface area contributed by atoms with E-state index in [9.17, 15) is 24.5 Å². The highest BCUT2D eigenvalue weighted by molar-refractivity contribution is 6.33. The van der Waals surface area contributed by atoms with Gasteiger partial charge in [0.15, 0.2) is 5.41 Å². The lowest BCUT2D eigenvalue weighted by molar-refractivity contribution is -0.384. The highest BCUT2D eigenvalue weighted by Crippen LogP contribution is 2.49. The van der Waals surface area contributed by atoms with Crippen LogP contribution in [0.1, 0.15) is 19.4 Å². The number of urea groups is 1. The molecule has 1 spiro atoms. The number of halogens is 1. The van der Waals surface area contributed by atoms with E-state index < -0.39 is 40.3 Å². The average Bonchev–Trinajstić information content (AvgIpc) is 2.77. The summed E-state index contributed by atoms with van der Waals surface area (Å²) in [5.41, 5.74) is -0.493. The van der Waals surface area contributed by atoms with Crippen molar-refractivity contribution in [3.05, 3.63) is 63.2 Å². The third-order valence-corrected chi connectivity index (χ3v) is 6.95. The Hall–Kier alpha value is -3.50. The van der Waals surface area contributed by atoms with E-state index in [1.807, 2.05) is 11.8 Å². The van der Waals surface area contributed by atoms with E-state index >= 15 is 0 Å². The van der Waals surface area contributed by atoms with Crippen LogP contribution in [0, 0.1) is 15.5 Å². The summed E-state index contributed by atoms with van der Waals surface area (Å²) in [6.45, 7) is 4.03. The van der Waals surface area contributed by atoms with Crippen LogP contribution in [0.5, 0.6) is 0 Å². The van der Waals surface area contributed by atoms with E-state index in [-0.39, 0.29) is 23.9 Å². The van der Waals surface area contributed by atoms with Gasteiger partial charge in [0.05, 0.1) is 28.9 Å². The Morgan fingerprint density at radius 3 is 2.65 bits per heavy atom. The number of nitro benzene ring substituents is 1. The topological polar surface area (TPSA) is 122 Å². The van der Waals surface area contributed by atoms with E-state index in [4.69, 9.17) is 16.3 Å². The van der Waals surface area contributed by atoms with Crippen LogP contribution in [0.3, 0.4) is 0 Å². The average molecular weight is 485 g/mol. The summed E-state index contributed by atoms with van der Waals surface area (Å²) >= 11 is 6.10. The fraction of sp³-hybridized carbons (Fsp3) is 0.348. The molecule has 2 aromatic carbocycles. The Morgan fingerprint density at radius 2 is 1.94 bits per heavy atom. The second kappa shape index (κ2) is 7.78. The van der Waals surface area contributed by atoms with Gasteiger partial charge in [0.1, 0.15) is 0 Å². The summed E-state index contributed by atoms with van der Waals surface area (Å²) in [5.74, 6) is -1.47. The molecule has 2 aromatic rings. The van der Waals surface area contributed by atoms with E-state index in [2.05, 4.69) is 5.32 Å². The molecule has 2 fully saturated rings. The minimum Gasteiger partial charge on any atom is -0.372 e. The van der Waals surface area contributed by atoms with E-state index in [0.717, 1.165) is 4.90 Å². The molecule has 3 aliphatic rings. The molecule has 1 N–H and O–H groups in total. The number of hydrogen-bond donors (Lipinski definition) is 1. The second-order valence-electron chi connectivity index (χ2n) is 8.85. The molecule has 10 nitrogen and oxygen atoms in total. The normalized spacial score (nSPS) is 28.4. The molecule has 0 aliphatic carbocycles. The summed E-state index contributed by atoms with van der Waals surface area (Å²) in [7, 11) is 0. The lowest BCUT2D eigenvalue weighted by Gasteiger charge is -2.56. The zero-order valence-corrected chi connectivity index (χ0v) is 19.1. The van der Waals surface area contributed by atoms with E-state index in [1.165, 1.54) is 18.2 Å². The van der Waals surface area contributed by atoms with Gasteiger partial charge in [0.2, 0.25) is 5.91 Å². The molecule has 0 unspecified atom stereocenters. The van der Waals surface area contributed by atoms with Crippen molar-refractivity contribution >= 4 is 46.5 Å². The molecule has 34 heavy (non-hydrogen) atoms. The molecule has 2 saturated heterocycles. The number of ether oxygens (including phenoxy) is 1. The quantitative estimate of drug-likeness (QED) is 0.395. The summed E-state index contributed by atoms with van der Waals surface area (Å²) in [5, 5.41) is 14.1. The maximum atomic E-state index is 14.1. The Labute approximate surface area is 199 Å². The SMILES string of the molecule is C[C@@H]1CN2c3ccc([N+](=O)[O-])cc3C[C@]3(C(=O)NC(=O)N(c4cccc(Cl)c4)C3=O)[C@@H]2[C@@H](C)O1. The largest absolute Gasteiger partial charge is 0.372 e. The van der Waals surface area contributed by atoms with Gasteiger partial charge in [-0.1, -0.05) is 17.7 Å². The molecule has 0 radical (unpaired) electrons. The molecule has 5 rings (SSSR count). The van der Waals surface area contributed by atoms with Crippen LogP contribution in [0.4, 0.5) is 21.9 Å². The number of anilines is 2. The van der Waals surface area contributed by atoms with Gasteiger partial charge in [0, 0.05) is 35.8 Å². The number of benzene rings is 2. The summed E-state index contributed by atoms with van der Waals surface area (Å²) in [6, 6.07) is 9.04. The van der Waals surface area contributed by atoms with Crippen molar-refractivity contribution in [3.8, 4) is 0 Å². The fourth-order valence-corrected chi connectivity index (χ4v) is 5.66. The number of nitro groups is 1. The van der Waals surface area contributed by atoms with Gasteiger partial charge in [-0.05, 0) is 43.7 Å². The first-order valence-electron chi connectivity index (χ1n) is 10.8. The van der Waals surface area contributed by atoms with E-state index in [1.54, 1.807) is 31.2 Å². The third kappa shape index (κ3) is 3.17. The number of barbiturate groups is 1. The van der Waals surface area contributed by atoms with Crippen LogP contribution in [0.25, 0.3) is 0 Å². The van der Waals surface area contributed by atoms with Gasteiger partial charge < -0.3 is 9.64 Å². The number of nitrogens with zero attached hydrogens (tertiary/aromatic N) is 3. The predicted molar refractivity (Wildman–Crippen MR) is 123 cm³/mol.